The number of carboxylic acid groups (broad SMARTS) is 1. The third-order valence-electron chi connectivity index (χ3n) is 2.62. The SMILES string of the molecule is O=C([O-])c1ccc(NS(=O)(=O)C=Cc2ccccc2)cc1. The molecule has 2 aromatic rings. The van der Waals surface area contributed by atoms with Crippen molar-refractivity contribution < 1.29 is 18.3 Å². The molecule has 0 saturated carbocycles. The zero-order chi connectivity index (χ0) is 15.3. The number of aromatic carboxylic acids is 1. The van der Waals surface area contributed by atoms with E-state index in [9.17, 15) is 18.3 Å². The van der Waals surface area contributed by atoms with Crippen LogP contribution in [0.25, 0.3) is 6.08 Å². The Morgan fingerprint density at radius 3 is 2.19 bits per heavy atom. The van der Waals surface area contributed by atoms with Gasteiger partial charge < -0.3 is 9.90 Å². The van der Waals surface area contributed by atoms with Crippen LogP contribution in [-0.2, 0) is 10.0 Å². The number of benzene rings is 2. The predicted octanol–water partition coefficient (Wildman–Crippen LogP) is 1.46. The Labute approximate surface area is 122 Å². The van der Waals surface area contributed by atoms with Crippen LogP contribution in [-0.4, -0.2) is 14.4 Å². The summed E-state index contributed by atoms with van der Waals surface area (Å²) in [6, 6.07) is 14.3. The number of hydrogen-bond acceptors (Lipinski definition) is 4. The van der Waals surface area contributed by atoms with Gasteiger partial charge in [0.25, 0.3) is 10.0 Å². The van der Waals surface area contributed by atoms with Gasteiger partial charge in [0.15, 0.2) is 0 Å². The first-order chi connectivity index (χ1) is 9.96. The van der Waals surface area contributed by atoms with Gasteiger partial charge in [-0.05, 0) is 29.3 Å². The number of rotatable bonds is 5. The van der Waals surface area contributed by atoms with Gasteiger partial charge in [-0.15, -0.1) is 0 Å². The molecule has 0 aliphatic carbocycles. The molecular formula is C15H12NO4S-. The number of hydrogen-bond donors (Lipinski definition) is 1. The highest BCUT2D eigenvalue weighted by Gasteiger charge is 2.05. The van der Waals surface area contributed by atoms with Crippen molar-refractivity contribution in [1.82, 2.24) is 0 Å². The first-order valence-corrected chi connectivity index (χ1v) is 7.58. The van der Waals surface area contributed by atoms with E-state index in [2.05, 4.69) is 4.72 Å². The number of anilines is 1. The van der Waals surface area contributed by atoms with E-state index in [0.717, 1.165) is 11.0 Å². The third kappa shape index (κ3) is 4.47. The van der Waals surface area contributed by atoms with Crippen molar-refractivity contribution in [2.45, 2.75) is 0 Å². The minimum absolute atomic E-state index is 0.0159. The summed E-state index contributed by atoms with van der Waals surface area (Å²) in [5.41, 5.74) is 1.02. The van der Waals surface area contributed by atoms with Crippen LogP contribution in [0, 0.1) is 0 Å². The Hall–Kier alpha value is -2.60. The molecule has 1 N–H and O–H groups in total. The molecule has 2 aromatic carbocycles. The lowest BCUT2D eigenvalue weighted by Crippen LogP contribution is -2.22. The van der Waals surface area contributed by atoms with Crippen LogP contribution < -0.4 is 9.83 Å². The quantitative estimate of drug-likeness (QED) is 0.906. The standard InChI is InChI=1S/C15H13NO4S/c17-15(18)13-6-8-14(9-7-13)16-21(19,20)11-10-12-4-2-1-3-5-12/h1-11,16H,(H,17,18)/p-1. The molecular weight excluding hydrogens is 290 g/mol. The van der Waals surface area contributed by atoms with Crippen LogP contribution in [0.15, 0.2) is 60.0 Å². The second-order valence-corrected chi connectivity index (χ2v) is 5.79. The largest absolute Gasteiger partial charge is 0.545 e. The molecule has 21 heavy (non-hydrogen) atoms. The van der Waals surface area contributed by atoms with E-state index in [-0.39, 0.29) is 11.3 Å². The van der Waals surface area contributed by atoms with Crippen LogP contribution in [0.1, 0.15) is 15.9 Å². The Bertz CT molecular complexity index is 750. The van der Waals surface area contributed by atoms with E-state index in [1.807, 2.05) is 6.07 Å². The second-order valence-electron chi connectivity index (χ2n) is 4.23. The van der Waals surface area contributed by atoms with Gasteiger partial charge in [0.1, 0.15) is 0 Å². The molecule has 0 unspecified atom stereocenters. The molecule has 0 atom stereocenters. The summed E-state index contributed by atoms with van der Waals surface area (Å²) < 4.78 is 26.1. The number of nitrogens with one attached hydrogen (secondary N) is 1. The lowest BCUT2D eigenvalue weighted by molar-refractivity contribution is -0.255. The fourth-order valence-electron chi connectivity index (χ4n) is 1.60. The van der Waals surface area contributed by atoms with E-state index in [4.69, 9.17) is 0 Å². The van der Waals surface area contributed by atoms with Gasteiger partial charge >= 0.3 is 0 Å². The zero-order valence-electron chi connectivity index (χ0n) is 10.9. The second kappa shape index (κ2) is 6.23. The van der Waals surface area contributed by atoms with Crippen LogP contribution >= 0.6 is 0 Å². The van der Waals surface area contributed by atoms with Crippen molar-refractivity contribution in [3.05, 3.63) is 71.1 Å². The molecule has 2 rings (SSSR count). The number of carbonyl (C=O) groups excluding carboxylic acids is 1. The van der Waals surface area contributed by atoms with Gasteiger partial charge in [-0.3, -0.25) is 4.72 Å². The minimum atomic E-state index is -3.66. The van der Waals surface area contributed by atoms with E-state index < -0.39 is 16.0 Å². The molecule has 0 bridgehead atoms. The molecule has 6 heteroatoms. The van der Waals surface area contributed by atoms with E-state index in [1.165, 1.54) is 30.3 Å². The first-order valence-electron chi connectivity index (χ1n) is 6.04. The van der Waals surface area contributed by atoms with Gasteiger partial charge in [-0.1, -0.05) is 42.5 Å². The number of sulfonamides is 1. The summed E-state index contributed by atoms with van der Waals surface area (Å²) >= 11 is 0. The molecule has 0 spiro atoms. The maximum atomic E-state index is 11.9. The molecule has 0 heterocycles. The lowest BCUT2D eigenvalue weighted by Gasteiger charge is -2.06. The summed E-state index contributed by atoms with van der Waals surface area (Å²) in [6.45, 7) is 0. The predicted molar refractivity (Wildman–Crippen MR) is 78.8 cm³/mol. The Morgan fingerprint density at radius 2 is 1.62 bits per heavy atom. The Balaban J connectivity index is 2.10. The summed E-state index contributed by atoms with van der Waals surface area (Å²) in [4.78, 5) is 10.6. The summed E-state index contributed by atoms with van der Waals surface area (Å²) in [5, 5.41) is 11.6. The molecule has 0 aliphatic heterocycles. The van der Waals surface area contributed by atoms with Crippen molar-refractivity contribution in [3.8, 4) is 0 Å². The van der Waals surface area contributed by atoms with E-state index >= 15 is 0 Å². The molecule has 0 aromatic heterocycles. The molecule has 0 aliphatic rings. The van der Waals surface area contributed by atoms with Crippen molar-refractivity contribution in [2.24, 2.45) is 0 Å². The van der Waals surface area contributed by atoms with Gasteiger partial charge in [-0.2, -0.15) is 0 Å². The maximum Gasteiger partial charge on any atom is 0.255 e. The van der Waals surface area contributed by atoms with Crippen molar-refractivity contribution in [2.75, 3.05) is 4.72 Å². The zero-order valence-corrected chi connectivity index (χ0v) is 11.7. The van der Waals surface area contributed by atoms with E-state index in [1.54, 1.807) is 24.3 Å². The number of carboxylic acids is 1. The van der Waals surface area contributed by atoms with Crippen LogP contribution in [0.4, 0.5) is 5.69 Å². The molecule has 0 amide bonds. The highest BCUT2D eigenvalue weighted by molar-refractivity contribution is 7.95. The van der Waals surface area contributed by atoms with Crippen LogP contribution in [0.3, 0.4) is 0 Å². The highest BCUT2D eigenvalue weighted by atomic mass is 32.2. The lowest BCUT2D eigenvalue weighted by atomic mass is 10.2. The summed E-state index contributed by atoms with van der Waals surface area (Å²) in [5.74, 6) is -1.31. The maximum absolute atomic E-state index is 11.9. The van der Waals surface area contributed by atoms with Crippen LogP contribution in [0.5, 0.6) is 0 Å². The van der Waals surface area contributed by atoms with Gasteiger partial charge in [0.05, 0.1) is 11.4 Å². The van der Waals surface area contributed by atoms with Crippen LogP contribution in [0.2, 0.25) is 0 Å². The average molecular weight is 302 g/mol. The topological polar surface area (TPSA) is 86.3 Å². The van der Waals surface area contributed by atoms with E-state index in [0.29, 0.717) is 0 Å². The third-order valence-corrected chi connectivity index (χ3v) is 3.63. The highest BCUT2D eigenvalue weighted by Crippen LogP contribution is 2.12. The summed E-state index contributed by atoms with van der Waals surface area (Å²) in [6.07, 6.45) is 1.47. The van der Waals surface area contributed by atoms with Crippen molar-refractivity contribution in [1.29, 1.82) is 0 Å². The van der Waals surface area contributed by atoms with Crippen molar-refractivity contribution in [3.63, 3.8) is 0 Å². The smallest absolute Gasteiger partial charge is 0.255 e. The van der Waals surface area contributed by atoms with Crippen molar-refractivity contribution >= 4 is 27.8 Å². The van der Waals surface area contributed by atoms with Gasteiger partial charge in [-0.25, -0.2) is 8.42 Å². The van der Waals surface area contributed by atoms with Gasteiger partial charge in [0, 0.05) is 5.69 Å². The minimum Gasteiger partial charge on any atom is -0.545 e. The molecule has 5 nitrogen and oxygen atoms in total. The normalized spacial score (nSPS) is 11.4. The Kier molecular flexibility index (Phi) is 4.39. The first kappa shape index (κ1) is 14.8. The number of carbonyl (C=O) groups is 1. The molecule has 0 saturated heterocycles. The monoisotopic (exact) mass is 302 g/mol. The summed E-state index contributed by atoms with van der Waals surface area (Å²) in [7, 11) is -3.66. The molecule has 0 fully saturated rings. The molecule has 108 valence electrons. The fourth-order valence-corrected chi connectivity index (χ4v) is 2.47. The fraction of sp³-hybridized carbons (Fsp3) is 0. The Morgan fingerprint density at radius 1 is 1.00 bits per heavy atom. The molecule has 0 radical (unpaired) electrons. The van der Waals surface area contributed by atoms with Gasteiger partial charge in [0.2, 0.25) is 0 Å². The average Bonchev–Trinajstić information content (AvgIpc) is 2.46.